The Morgan fingerprint density at radius 3 is 2.59 bits per heavy atom. The lowest BCUT2D eigenvalue weighted by molar-refractivity contribution is -0.137. The van der Waals surface area contributed by atoms with Gasteiger partial charge in [-0.25, -0.2) is 0 Å². The fourth-order valence-electron chi connectivity index (χ4n) is 7.58. The zero-order valence-electron chi connectivity index (χ0n) is 27.3. The van der Waals surface area contributed by atoms with E-state index in [1.807, 2.05) is 13.0 Å². The van der Waals surface area contributed by atoms with E-state index >= 15 is 0 Å². The summed E-state index contributed by atoms with van der Waals surface area (Å²) in [4.78, 5) is 47.9. The summed E-state index contributed by atoms with van der Waals surface area (Å²) in [6, 6.07) is 3.15. The molecule has 2 amide bonds. The topological polar surface area (TPSA) is 155 Å². The van der Waals surface area contributed by atoms with Gasteiger partial charge in [0.1, 0.15) is 17.9 Å². The number of ether oxygens (including phenoxy) is 1. The van der Waals surface area contributed by atoms with Crippen LogP contribution in [0.25, 0.3) is 11.4 Å². The van der Waals surface area contributed by atoms with Crippen molar-refractivity contribution in [2.45, 2.75) is 63.6 Å². The number of benzene rings is 1. The first kappa shape index (κ1) is 32.6. The van der Waals surface area contributed by atoms with Crippen molar-refractivity contribution in [1.82, 2.24) is 33.8 Å². The number of alkyl halides is 3. The van der Waals surface area contributed by atoms with Gasteiger partial charge in [-0.15, -0.1) is 5.10 Å². The number of amides is 2. The van der Waals surface area contributed by atoms with Gasteiger partial charge in [0.2, 0.25) is 11.7 Å². The predicted octanol–water partition coefficient (Wildman–Crippen LogP) is 3.66. The third-order valence-electron chi connectivity index (χ3n) is 10.1. The van der Waals surface area contributed by atoms with Gasteiger partial charge in [0.05, 0.1) is 25.0 Å². The molecule has 2 aliphatic heterocycles. The number of nitrogen functional groups attached to an aromatic ring is 1. The number of anilines is 2. The van der Waals surface area contributed by atoms with Crippen LogP contribution in [-0.4, -0.2) is 72.0 Å². The standard InChI is InChI=1S/C33H36F3N9O4/c1-18-14-21(33(34,35)36)4-5-23(18)39-24(46)17-44-26-19(2)15-32(8-10-43(11-9-32)29(47)22-16-38-42(3)27(22)37)25(26)30(48)45-31(44)40-28(41-45)20-6-12-49-13-7-20/h4-6,14,16,19H,7-13,15,17,37H2,1-3H3,(H,39,46). The van der Waals surface area contributed by atoms with E-state index in [1.54, 1.807) is 16.5 Å². The Hall–Kier alpha value is -4.99. The molecular formula is C33H36F3N9O4. The molecule has 0 radical (unpaired) electrons. The molecule has 1 atom stereocenters. The summed E-state index contributed by atoms with van der Waals surface area (Å²) in [5.41, 5.74) is 7.27. The molecule has 3 N–H and O–H groups in total. The van der Waals surface area contributed by atoms with Gasteiger partial charge in [-0.1, -0.05) is 13.0 Å². The third kappa shape index (κ3) is 5.56. The van der Waals surface area contributed by atoms with Crippen LogP contribution in [0, 0.1) is 6.92 Å². The number of halogens is 3. The maximum Gasteiger partial charge on any atom is 0.416 e. The number of aromatic nitrogens is 6. The van der Waals surface area contributed by atoms with Gasteiger partial charge in [0.15, 0.2) is 5.82 Å². The number of nitrogens with one attached hydrogen (secondary N) is 1. The van der Waals surface area contributed by atoms with E-state index in [4.69, 9.17) is 15.5 Å². The molecule has 5 heterocycles. The van der Waals surface area contributed by atoms with Crippen molar-refractivity contribution < 1.29 is 27.5 Å². The molecule has 0 saturated carbocycles. The summed E-state index contributed by atoms with van der Waals surface area (Å²) in [7, 11) is 1.67. The summed E-state index contributed by atoms with van der Waals surface area (Å²) in [6.07, 6.45) is 1.02. The second-order valence-electron chi connectivity index (χ2n) is 13.2. The molecule has 1 saturated heterocycles. The van der Waals surface area contributed by atoms with Crippen molar-refractivity contribution in [3.8, 4) is 0 Å². The minimum absolute atomic E-state index is 0.146. The van der Waals surface area contributed by atoms with Crippen LogP contribution in [0.5, 0.6) is 0 Å². The summed E-state index contributed by atoms with van der Waals surface area (Å²) in [5, 5.41) is 11.5. The molecule has 1 aromatic carbocycles. The van der Waals surface area contributed by atoms with Crippen LogP contribution in [0.2, 0.25) is 0 Å². The fraction of sp³-hybridized carbons (Fsp3) is 0.455. The number of hydrogen-bond acceptors (Lipinski definition) is 8. The number of hydrogen-bond donors (Lipinski definition) is 2. The molecule has 4 aromatic rings. The highest BCUT2D eigenvalue weighted by molar-refractivity contribution is 5.98. The van der Waals surface area contributed by atoms with Crippen molar-refractivity contribution >= 4 is 34.7 Å². The first-order valence-electron chi connectivity index (χ1n) is 16.1. The van der Waals surface area contributed by atoms with E-state index in [1.165, 1.54) is 28.4 Å². The Balaban J connectivity index is 1.26. The first-order chi connectivity index (χ1) is 23.3. The van der Waals surface area contributed by atoms with Crippen LogP contribution >= 0.6 is 0 Å². The highest BCUT2D eigenvalue weighted by Gasteiger charge is 2.49. The van der Waals surface area contributed by atoms with Gasteiger partial charge in [-0.2, -0.15) is 27.8 Å². The van der Waals surface area contributed by atoms with Crippen LogP contribution in [0.3, 0.4) is 0 Å². The molecule has 0 bridgehead atoms. The predicted molar refractivity (Wildman–Crippen MR) is 173 cm³/mol. The molecule has 13 nitrogen and oxygen atoms in total. The van der Waals surface area contributed by atoms with Crippen LogP contribution in [0.1, 0.15) is 77.1 Å². The SMILES string of the molecule is Cc1cc(C(F)(F)F)ccc1NC(=O)Cn1c2c(c(=O)n3nc(C4=CCOCC4)nc13)C1(CCN(C(=O)c3cnn(C)c3N)CC1)CC2C. The zero-order valence-corrected chi connectivity index (χ0v) is 27.3. The number of carbonyl (C=O) groups excluding carboxylic acids is 2. The molecule has 1 aliphatic carbocycles. The van der Waals surface area contributed by atoms with Crippen LogP contribution in [-0.2, 0) is 34.7 Å². The lowest BCUT2D eigenvalue weighted by Gasteiger charge is -2.39. The Kier molecular flexibility index (Phi) is 7.88. The molecule has 3 aliphatic rings. The maximum absolute atomic E-state index is 14.4. The molecule has 16 heteroatoms. The summed E-state index contributed by atoms with van der Waals surface area (Å²) in [5.74, 6) is -0.00992. The van der Waals surface area contributed by atoms with Gasteiger partial charge < -0.3 is 25.3 Å². The number of nitrogens with two attached hydrogens (primary N) is 1. The van der Waals surface area contributed by atoms with Crippen molar-refractivity contribution in [3.63, 3.8) is 0 Å². The Morgan fingerprint density at radius 1 is 1.20 bits per heavy atom. The average molecular weight is 680 g/mol. The number of rotatable bonds is 5. The highest BCUT2D eigenvalue weighted by atomic mass is 19.4. The largest absolute Gasteiger partial charge is 0.416 e. The fourth-order valence-corrected chi connectivity index (χ4v) is 7.58. The monoisotopic (exact) mass is 679 g/mol. The quantitative estimate of drug-likeness (QED) is 0.324. The second kappa shape index (κ2) is 11.9. The van der Waals surface area contributed by atoms with Gasteiger partial charge in [0.25, 0.3) is 11.5 Å². The van der Waals surface area contributed by atoms with E-state index in [0.29, 0.717) is 74.6 Å². The molecule has 258 valence electrons. The number of likely N-dealkylation sites (tertiary alicyclic amines) is 1. The Morgan fingerprint density at radius 2 is 1.96 bits per heavy atom. The van der Waals surface area contributed by atoms with Crippen molar-refractivity contribution in [2.75, 3.05) is 37.4 Å². The summed E-state index contributed by atoms with van der Waals surface area (Å²) in [6.45, 7) is 4.90. The lowest BCUT2D eigenvalue weighted by Crippen LogP contribution is -2.46. The second-order valence-corrected chi connectivity index (χ2v) is 13.2. The van der Waals surface area contributed by atoms with Crippen LogP contribution in [0.15, 0.2) is 35.3 Å². The smallest absolute Gasteiger partial charge is 0.383 e. The minimum atomic E-state index is -4.51. The van der Waals surface area contributed by atoms with E-state index < -0.39 is 23.1 Å². The number of fused-ring (bicyclic) bond motifs is 3. The molecule has 49 heavy (non-hydrogen) atoms. The van der Waals surface area contributed by atoms with Gasteiger partial charge in [-0.3, -0.25) is 19.1 Å². The maximum atomic E-state index is 14.4. The van der Waals surface area contributed by atoms with Gasteiger partial charge in [0, 0.05) is 42.5 Å². The van der Waals surface area contributed by atoms with E-state index in [9.17, 15) is 27.6 Å². The molecule has 1 unspecified atom stereocenters. The number of piperidine rings is 1. The van der Waals surface area contributed by atoms with Crippen molar-refractivity contribution in [2.24, 2.45) is 7.05 Å². The van der Waals surface area contributed by atoms with Gasteiger partial charge >= 0.3 is 6.18 Å². The lowest BCUT2D eigenvalue weighted by atomic mass is 9.73. The van der Waals surface area contributed by atoms with Crippen molar-refractivity contribution in [3.05, 3.63) is 74.6 Å². The van der Waals surface area contributed by atoms with Crippen LogP contribution in [0.4, 0.5) is 24.7 Å². The summed E-state index contributed by atoms with van der Waals surface area (Å²) >= 11 is 0. The third-order valence-corrected chi connectivity index (χ3v) is 10.1. The summed E-state index contributed by atoms with van der Waals surface area (Å²) < 4.78 is 49.7. The Bertz CT molecular complexity index is 2090. The van der Waals surface area contributed by atoms with Gasteiger partial charge in [-0.05, 0) is 67.9 Å². The normalized spacial score (nSPS) is 18.9. The highest BCUT2D eigenvalue weighted by Crippen LogP contribution is 2.50. The number of nitrogens with zero attached hydrogens (tertiary/aromatic N) is 7. The molecule has 3 aromatic heterocycles. The Labute approximate surface area is 278 Å². The molecule has 1 spiro atoms. The van der Waals surface area contributed by atoms with Crippen molar-refractivity contribution in [1.29, 1.82) is 0 Å². The zero-order chi connectivity index (χ0) is 34.8. The minimum Gasteiger partial charge on any atom is -0.383 e. The van der Waals surface area contributed by atoms with E-state index in [-0.39, 0.29) is 46.8 Å². The molecule has 1 fully saturated rings. The molecule has 7 rings (SSSR count). The molecular weight excluding hydrogens is 643 g/mol. The number of carbonyl (C=O) groups is 2. The van der Waals surface area contributed by atoms with Crippen LogP contribution < -0.4 is 16.6 Å². The van der Waals surface area contributed by atoms with E-state index in [0.717, 1.165) is 17.7 Å². The van der Waals surface area contributed by atoms with E-state index in [2.05, 4.69) is 15.5 Å². The number of aryl methyl sites for hydroxylation is 2. The average Bonchev–Trinajstić information content (AvgIpc) is 3.74. The first-order valence-corrected chi connectivity index (χ1v) is 16.1.